The van der Waals surface area contributed by atoms with E-state index in [1.54, 1.807) is 6.07 Å². The lowest BCUT2D eigenvalue weighted by molar-refractivity contribution is -0.132. The van der Waals surface area contributed by atoms with E-state index in [4.69, 9.17) is 10.4 Å². The molecule has 0 aliphatic carbocycles. The molecule has 0 fully saturated rings. The number of nitriles is 1. The summed E-state index contributed by atoms with van der Waals surface area (Å²) in [5.74, 6) is -1.22. The van der Waals surface area contributed by atoms with Gasteiger partial charge in [-0.15, -0.1) is 11.3 Å². The highest BCUT2D eigenvalue weighted by Crippen LogP contribution is 2.40. The predicted molar refractivity (Wildman–Crippen MR) is 145 cm³/mol. The Morgan fingerprint density at radius 2 is 1.43 bits per heavy atom. The lowest BCUT2D eigenvalue weighted by atomic mass is 10.0. The molecule has 4 aromatic rings. The number of hydrogen-bond donors (Lipinski definition) is 1. The number of carboxylic acid groups (broad SMARTS) is 1. The minimum absolute atomic E-state index is 0.272. The van der Waals surface area contributed by atoms with E-state index in [0.717, 1.165) is 32.4 Å². The summed E-state index contributed by atoms with van der Waals surface area (Å²) in [6.45, 7) is 8.49. The van der Waals surface area contributed by atoms with Crippen molar-refractivity contribution in [2.75, 3.05) is 4.90 Å². The van der Waals surface area contributed by atoms with Crippen LogP contribution < -0.4 is 4.90 Å². The Bertz CT molecular complexity index is 1420. The van der Waals surface area contributed by atoms with Crippen LogP contribution in [-0.4, -0.2) is 11.1 Å². The molecule has 0 bridgehead atoms. The fraction of sp³-hybridized carbons (Fsp3) is 0.133. The SMILES string of the molecule is Cc1ccc(N(c2ccc(-c3ccc(/C=C(\C#N)C(=O)O)s3)cc2)c2ccc(C)cc2C)c(C)c1. The predicted octanol–water partition coefficient (Wildman–Crippen LogP) is 8.11. The van der Waals surface area contributed by atoms with Crippen molar-refractivity contribution in [3.05, 3.63) is 106 Å². The number of hydrogen-bond acceptors (Lipinski definition) is 4. The molecular weight excluding hydrogens is 452 g/mol. The number of carboxylic acids is 1. The zero-order valence-corrected chi connectivity index (χ0v) is 21.0. The van der Waals surface area contributed by atoms with Crippen LogP contribution in [0.2, 0.25) is 0 Å². The van der Waals surface area contributed by atoms with E-state index in [1.807, 2.05) is 12.1 Å². The summed E-state index contributed by atoms with van der Waals surface area (Å²) in [6.07, 6.45) is 1.41. The maximum absolute atomic E-state index is 11.1. The molecular formula is C30H26N2O2S. The van der Waals surface area contributed by atoms with Crippen LogP contribution in [0.15, 0.2) is 78.4 Å². The summed E-state index contributed by atoms with van der Waals surface area (Å²) in [6, 6.07) is 26.9. The van der Waals surface area contributed by atoms with Crippen molar-refractivity contribution in [3.8, 4) is 16.5 Å². The lowest BCUT2D eigenvalue weighted by Gasteiger charge is -2.29. The van der Waals surface area contributed by atoms with Gasteiger partial charge in [-0.1, -0.05) is 47.5 Å². The van der Waals surface area contributed by atoms with Crippen LogP contribution in [0.4, 0.5) is 17.1 Å². The first kappa shape index (κ1) is 24.0. The van der Waals surface area contributed by atoms with Crippen molar-refractivity contribution in [2.24, 2.45) is 0 Å². The number of nitrogens with zero attached hydrogens (tertiary/aromatic N) is 2. The van der Waals surface area contributed by atoms with E-state index in [0.29, 0.717) is 0 Å². The van der Waals surface area contributed by atoms with Crippen LogP contribution in [0.5, 0.6) is 0 Å². The number of benzene rings is 3. The number of aryl methyl sites for hydroxylation is 4. The first-order valence-corrected chi connectivity index (χ1v) is 12.1. The van der Waals surface area contributed by atoms with Gasteiger partial charge in [0.2, 0.25) is 0 Å². The summed E-state index contributed by atoms with van der Waals surface area (Å²) in [5, 5.41) is 18.1. The number of thiophene rings is 1. The van der Waals surface area contributed by atoms with Crippen molar-refractivity contribution < 1.29 is 9.90 Å². The van der Waals surface area contributed by atoms with Crippen molar-refractivity contribution >= 4 is 40.4 Å². The van der Waals surface area contributed by atoms with Crippen molar-refractivity contribution in [1.82, 2.24) is 0 Å². The first-order chi connectivity index (χ1) is 16.8. The Kier molecular flexibility index (Phi) is 6.86. The molecule has 0 spiro atoms. The Hall–Kier alpha value is -4.14. The minimum atomic E-state index is -1.22. The zero-order chi connectivity index (χ0) is 25.1. The van der Waals surface area contributed by atoms with Crippen molar-refractivity contribution in [1.29, 1.82) is 5.26 Å². The van der Waals surface area contributed by atoms with Gasteiger partial charge in [0, 0.05) is 26.8 Å². The van der Waals surface area contributed by atoms with Gasteiger partial charge in [0.05, 0.1) is 0 Å². The number of rotatable bonds is 6. The lowest BCUT2D eigenvalue weighted by Crippen LogP contribution is -2.12. The van der Waals surface area contributed by atoms with Gasteiger partial charge in [0.25, 0.3) is 0 Å². The van der Waals surface area contributed by atoms with Gasteiger partial charge >= 0.3 is 5.97 Å². The smallest absolute Gasteiger partial charge is 0.346 e. The highest BCUT2D eigenvalue weighted by molar-refractivity contribution is 7.16. The fourth-order valence-electron chi connectivity index (χ4n) is 4.16. The first-order valence-electron chi connectivity index (χ1n) is 11.3. The molecule has 174 valence electrons. The third kappa shape index (κ3) is 5.18. The van der Waals surface area contributed by atoms with E-state index in [-0.39, 0.29) is 5.57 Å². The van der Waals surface area contributed by atoms with Gasteiger partial charge in [-0.25, -0.2) is 4.79 Å². The second-order valence-electron chi connectivity index (χ2n) is 8.64. The third-order valence-electron chi connectivity index (χ3n) is 5.86. The molecule has 0 saturated carbocycles. The zero-order valence-electron chi connectivity index (χ0n) is 20.2. The van der Waals surface area contributed by atoms with E-state index < -0.39 is 5.97 Å². The molecule has 4 nitrogen and oxygen atoms in total. The van der Waals surface area contributed by atoms with Crippen LogP contribution >= 0.6 is 11.3 Å². The van der Waals surface area contributed by atoms with Crippen molar-refractivity contribution in [3.63, 3.8) is 0 Å². The summed E-state index contributed by atoms with van der Waals surface area (Å²) >= 11 is 1.46. The molecule has 35 heavy (non-hydrogen) atoms. The quantitative estimate of drug-likeness (QED) is 0.224. The molecule has 1 aromatic heterocycles. The molecule has 1 N–H and O–H groups in total. The summed E-state index contributed by atoms with van der Waals surface area (Å²) < 4.78 is 0. The van der Waals surface area contributed by atoms with Gasteiger partial charge in [0.15, 0.2) is 0 Å². The van der Waals surface area contributed by atoms with E-state index in [1.165, 1.54) is 39.7 Å². The van der Waals surface area contributed by atoms with Gasteiger partial charge in [-0.3, -0.25) is 0 Å². The topological polar surface area (TPSA) is 64.3 Å². The molecule has 0 amide bonds. The van der Waals surface area contributed by atoms with Crippen LogP contribution in [0.1, 0.15) is 27.1 Å². The maximum Gasteiger partial charge on any atom is 0.346 e. The van der Waals surface area contributed by atoms with Gasteiger partial charge in [-0.05, 0) is 86.9 Å². The summed E-state index contributed by atoms with van der Waals surface area (Å²) in [7, 11) is 0. The normalized spacial score (nSPS) is 11.2. The molecule has 0 saturated heterocycles. The molecule has 1 heterocycles. The molecule has 0 radical (unpaired) electrons. The number of aliphatic carboxylic acids is 1. The van der Waals surface area contributed by atoms with Gasteiger partial charge in [-0.2, -0.15) is 5.26 Å². The Balaban J connectivity index is 1.74. The maximum atomic E-state index is 11.1. The summed E-state index contributed by atoms with van der Waals surface area (Å²) in [5.41, 5.74) is 8.96. The number of carbonyl (C=O) groups is 1. The second kappa shape index (κ2) is 10.0. The highest BCUT2D eigenvalue weighted by atomic mass is 32.1. The van der Waals surface area contributed by atoms with E-state index >= 15 is 0 Å². The van der Waals surface area contributed by atoms with Crippen LogP contribution in [0.3, 0.4) is 0 Å². The average molecular weight is 479 g/mol. The monoisotopic (exact) mass is 478 g/mol. The molecule has 0 aliphatic heterocycles. The van der Waals surface area contributed by atoms with Gasteiger partial charge < -0.3 is 10.0 Å². The molecule has 0 aliphatic rings. The molecule has 5 heteroatoms. The summed E-state index contributed by atoms with van der Waals surface area (Å²) in [4.78, 5) is 15.2. The van der Waals surface area contributed by atoms with Crippen molar-refractivity contribution in [2.45, 2.75) is 27.7 Å². The largest absolute Gasteiger partial charge is 0.477 e. The standard InChI is InChI=1S/C30H26N2O2S/c1-19-5-12-27(21(3)15-19)32(28-13-6-20(2)16-22(28)4)25-9-7-23(8-10-25)29-14-11-26(35-29)17-24(18-31)30(33)34/h5-17H,1-4H3,(H,33,34)/b24-17+. The third-order valence-corrected chi connectivity index (χ3v) is 6.94. The number of anilines is 3. The van der Waals surface area contributed by atoms with Crippen LogP contribution in [-0.2, 0) is 4.79 Å². The minimum Gasteiger partial charge on any atom is -0.477 e. The Labute approximate surface area is 210 Å². The Morgan fingerprint density at radius 3 is 1.91 bits per heavy atom. The molecule has 0 atom stereocenters. The molecule has 3 aromatic carbocycles. The van der Waals surface area contributed by atoms with Gasteiger partial charge in [0.1, 0.15) is 11.6 Å². The molecule has 0 unspecified atom stereocenters. The second-order valence-corrected chi connectivity index (χ2v) is 9.75. The molecule has 4 rings (SSSR count). The van der Waals surface area contributed by atoms with E-state index in [2.05, 4.69) is 93.3 Å². The van der Waals surface area contributed by atoms with E-state index in [9.17, 15) is 4.79 Å². The highest BCUT2D eigenvalue weighted by Gasteiger charge is 2.17. The fourth-order valence-corrected chi connectivity index (χ4v) is 5.12. The average Bonchev–Trinajstić information content (AvgIpc) is 3.29. The van der Waals surface area contributed by atoms with Crippen LogP contribution in [0.25, 0.3) is 16.5 Å². The Morgan fingerprint density at radius 1 is 0.857 bits per heavy atom. The van der Waals surface area contributed by atoms with Crippen LogP contribution in [0, 0.1) is 39.0 Å².